The van der Waals surface area contributed by atoms with Crippen LogP contribution in [0, 0.1) is 0 Å². The third kappa shape index (κ3) is 3.03. The predicted molar refractivity (Wildman–Crippen MR) is 121 cm³/mol. The quantitative estimate of drug-likeness (QED) is 0.441. The smallest absolute Gasteiger partial charge is 0.231 e. The molecular weight excluding hydrogens is 386 g/mol. The minimum absolute atomic E-state index is 0.0323. The van der Waals surface area contributed by atoms with Crippen LogP contribution in [0.15, 0.2) is 84.9 Å². The molecule has 0 spiro atoms. The molecule has 6 rings (SSSR count). The zero-order valence-electron chi connectivity index (χ0n) is 17.0. The maximum absolute atomic E-state index is 13.4. The van der Waals surface area contributed by atoms with Crippen molar-refractivity contribution >= 4 is 22.4 Å². The summed E-state index contributed by atoms with van der Waals surface area (Å²) in [7, 11) is 0. The van der Waals surface area contributed by atoms with E-state index in [0.717, 1.165) is 28.3 Å². The highest BCUT2D eigenvalue weighted by molar-refractivity contribution is 6.03. The Labute approximate surface area is 180 Å². The van der Waals surface area contributed by atoms with Crippen LogP contribution in [0.3, 0.4) is 0 Å². The van der Waals surface area contributed by atoms with E-state index in [-0.39, 0.29) is 18.6 Å². The van der Waals surface area contributed by atoms with Gasteiger partial charge in [-0.2, -0.15) is 0 Å². The van der Waals surface area contributed by atoms with Crippen molar-refractivity contribution in [2.45, 2.75) is 18.9 Å². The highest BCUT2D eigenvalue weighted by atomic mass is 16.7. The SMILES string of the molecule is O=C1CC(c2ccc3c(c2)OCO3)c2c(ccc3ccccc23)N1Cc1ccccc1. The van der Waals surface area contributed by atoms with Crippen molar-refractivity contribution in [2.24, 2.45) is 0 Å². The number of benzene rings is 4. The molecule has 0 fully saturated rings. The lowest BCUT2D eigenvalue weighted by atomic mass is 9.81. The molecule has 1 unspecified atom stereocenters. The van der Waals surface area contributed by atoms with Crippen LogP contribution in [0.2, 0.25) is 0 Å². The zero-order chi connectivity index (χ0) is 20.8. The second kappa shape index (κ2) is 7.17. The predicted octanol–water partition coefficient (Wildman–Crippen LogP) is 5.64. The molecule has 0 N–H and O–H groups in total. The van der Waals surface area contributed by atoms with Gasteiger partial charge in [0.15, 0.2) is 11.5 Å². The van der Waals surface area contributed by atoms with E-state index >= 15 is 0 Å². The summed E-state index contributed by atoms with van der Waals surface area (Å²) in [6, 6.07) is 28.8. The van der Waals surface area contributed by atoms with Gasteiger partial charge in [0.2, 0.25) is 12.7 Å². The fraction of sp³-hybridized carbons (Fsp3) is 0.148. The van der Waals surface area contributed by atoms with Gasteiger partial charge in [-0.25, -0.2) is 0 Å². The number of nitrogens with zero attached hydrogens (tertiary/aromatic N) is 1. The van der Waals surface area contributed by atoms with Crippen molar-refractivity contribution in [3.63, 3.8) is 0 Å². The third-order valence-electron chi connectivity index (χ3n) is 6.25. The first-order valence-corrected chi connectivity index (χ1v) is 10.5. The van der Waals surface area contributed by atoms with Crippen molar-refractivity contribution in [3.05, 3.63) is 102 Å². The van der Waals surface area contributed by atoms with E-state index in [1.807, 2.05) is 35.2 Å². The van der Waals surface area contributed by atoms with Gasteiger partial charge in [-0.05, 0) is 45.7 Å². The first-order valence-electron chi connectivity index (χ1n) is 10.5. The van der Waals surface area contributed by atoms with Gasteiger partial charge in [-0.3, -0.25) is 4.79 Å². The Balaban J connectivity index is 1.52. The minimum Gasteiger partial charge on any atom is -0.454 e. The lowest BCUT2D eigenvalue weighted by molar-refractivity contribution is -0.119. The third-order valence-corrected chi connectivity index (χ3v) is 6.25. The molecular formula is C27H21NO3. The summed E-state index contributed by atoms with van der Waals surface area (Å²) in [5.41, 5.74) is 4.39. The Morgan fingerprint density at radius 2 is 1.65 bits per heavy atom. The summed E-state index contributed by atoms with van der Waals surface area (Å²) in [5, 5.41) is 2.37. The molecule has 2 aliphatic rings. The molecule has 152 valence electrons. The first kappa shape index (κ1) is 18.0. The van der Waals surface area contributed by atoms with Gasteiger partial charge < -0.3 is 14.4 Å². The van der Waals surface area contributed by atoms with E-state index in [1.54, 1.807) is 0 Å². The molecule has 4 heteroatoms. The summed E-state index contributed by atoms with van der Waals surface area (Å²) >= 11 is 0. The van der Waals surface area contributed by atoms with Crippen LogP contribution in [0.5, 0.6) is 11.5 Å². The van der Waals surface area contributed by atoms with Crippen molar-refractivity contribution in [1.29, 1.82) is 0 Å². The van der Waals surface area contributed by atoms with Crippen LogP contribution in [-0.2, 0) is 11.3 Å². The van der Waals surface area contributed by atoms with Crippen molar-refractivity contribution in [1.82, 2.24) is 0 Å². The Morgan fingerprint density at radius 1 is 0.839 bits per heavy atom. The van der Waals surface area contributed by atoms with E-state index in [4.69, 9.17) is 9.47 Å². The number of carbonyl (C=O) groups is 1. The largest absolute Gasteiger partial charge is 0.454 e. The molecule has 4 aromatic carbocycles. The van der Waals surface area contributed by atoms with E-state index in [0.29, 0.717) is 13.0 Å². The normalized spacial score (nSPS) is 17.1. The maximum atomic E-state index is 13.4. The summed E-state index contributed by atoms with van der Waals surface area (Å²) in [6.07, 6.45) is 0.424. The van der Waals surface area contributed by atoms with Crippen LogP contribution in [0.1, 0.15) is 29.0 Å². The van der Waals surface area contributed by atoms with Crippen LogP contribution >= 0.6 is 0 Å². The molecule has 0 saturated heterocycles. The van der Waals surface area contributed by atoms with Crippen LogP contribution in [0.4, 0.5) is 5.69 Å². The molecule has 1 atom stereocenters. The van der Waals surface area contributed by atoms with E-state index in [9.17, 15) is 4.79 Å². The Morgan fingerprint density at radius 3 is 2.55 bits per heavy atom. The second-order valence-electron chi connectivity index (χ2n) is 8.05. The minimum atomic E-state index is -0.0323. The lowest BCUT2D eigenvalue weighted by Gasteiger charge is -2.35. The van der Waals surface area contributed by atoms with Crippen LogP contribution < -0.4 is 14.4 Å². The monoisotopic (exact) mass is 407 g/mol. The van der Waals surface area contributed by atoms with Crippen LogP contribution in [0.25, 0.3) is 10.8 Å². The molecule has 31 heavy (non-hydrogen) atoms. The van der Waals surface area contributed by atoms with Gasteiger partial charge in [-0.1, -0.05) is 66.7 Å². The number of rotatable bonds is 3. The molecule has 0 aromatic heterocycles. The Kier molecular flexibility index (Phi) is 4.17. The number of anilines is 1. The first-order chi connectivity index (χ1) is 15.3. The summed E-state index contributed by atoms with van der Waals surface area (Å²) in [6.45, 7) is 0.811. The number of hydrogen-bond acceptors (Lipinski definition) is 3. The molecule has 0 bridgehead atoms. The number of carbonyl (C=O) groups excluding carboxylic acids is 1. The Bertz CT molecular complexity index is 1300. The molecule has 0 saturated carbocycles. The van der Waals surface area contributed by atoms with Gasteiger partial charge in [0.1, 0.15) is 0 Å². The van der Waals surface area contributed by atoms with E-state index < -0.39 is 0 Å². The number of ether oxygens (including phenoxy) is 2. The van der Waals surface area contributed by atoms with Crippen molar-refractivity contribution in [2.75, 3.05) is 11.7 Å². The number of amides is 1. The summed E-state index contributed by atoms with van der Waals surface area (Å²) < 4.78 is 11.1. The molecule has 2 heterocycles. The number of fused-ring (bicyclic) bond motifs is 4. The van der Waals surface area contributed by atoms with Crippen LogP contribution in [-0.4, -0.2) is 12.7 Å². The molecule has 1 amide bonds. The van der Waals surface area contributed by atoms with Crippen molar-refractivity contribution < 1.29 is 14.3 Å². The standard InChI is InChI=1S/C27H21NO3/c29-26-15-22(20-11-13-24-25(14-20)31-17-30-24)27-21-9-5-4-8-19(21)10-12-23(27)28(26)16-18-6-2-1-3-7-18/h1-14,22H,15-17H2. The highest BCUT2D eigenvalue weighted by Crippen LogP contribution is 2.46. The Hall–Kier alpha value is -3.79. The van der Waals surface area contributed by atoms with E-state index in [2.05, 4.69) is 54.6 Å². The molecule has 2 aliphatic heterocycles. The molecule has 4 nitrogen and oxygen atoms in total. The fourth-order valence-electron chi connectivity index (χ4n) is 4.76. The average molecular weight is 407 g/mol. The molecule has 0 radical (unpaired) electrons. The van der Waals surface area contributed by atoms with Gasteiger partial charge in [-0.15, -0.1) is 0 Å². The van der Waals surface area contributed by atoms with Gasteiger partial charge in [0.25, 0.3) is 0 Å². The van der Waals surface area contributed by atoms with Gasteiger partial charge in [0.05, 0.1) is 6.54 Å². The highest BCUT2D eigenvalue weighted by Gasteiger charge is 2.34. The summed E-state index contributed by atoms with van der Waals surface area (Å²) in [4.78, 5) is 15.3. The molecule has 4 aromatic rings. The maximum Gasteiger partial charge on any atom is 0.231 e. The average Bonchev–Trinajstić information content (AvgIpc) is 3.29. The van der Waals surface area contributed by atoms with Gasteiger partial charge >= 0.3 is 0 Å². The number of hydrogen-bond donors (Lipinski definition) is 0. The van der Waals surface area contributed by atoms with Crippen molar-refractivity contribution in [3.8, 4) is 11.5 Å². The lowest BCUT2D eigenvalue weighted by Crippen LogP contribution is -2.36. The van der Waals surface area contributed by atoms with E-state index in [1.165, 1.54) is 16.3 Å². The summed E-state index contributed by atoms with van der Waals surface area (Å²) in [5.74, 6) is 1.61. The topological polar surface area (TPSA) is 38.8 Å². The second-order valence-corrected chi connectivity index (χ2v) is 8.05. The zero-order valence-corrected chi connectivity index (χ0v) is 17.0. The molecule has 0 aliphatic carbocycles. The fourth-order valence-corrected chi connectivity index (χ4v) is 4.76. The van der Waals surface area contributed by atoms with Gasteiger partial charge in [0, 0.05) is 18.0 Å².